The minimum atomic E-state index is -4.27. The fourth-order valence-corrected chi connectivity index (χ4v) is 2.95. The van der Waals surface area contributed by atoms with Gasteiger partial charge in [-0.2, -0.15) is 0 Å². The zero-order valence-electron chi connectivity index (χ0n) is 9.70. The van der Waals surface area contributed by atoms with Crippen molar-refractivity contribution >= 4 is 31.6 Å². The second kappa shape index (κ2) is 5.45. The Morgan fingerprint density at radius 1 is 0.950 bits per heavy atom. The number of sulfonamides is 1. The molecule has 0 aliphatic heterocycles. The smallest absolute Gasteiger partial charge is 0.264 e. The Morgan fingerprint density at radius 2 is 1.55 bits per heavy atom. The molecule has 0 aromatic heterocycles. The van der Waals surface area contributed by atoms with E-state index in [4.69, 9.17) is 0 Å². The van der Waals surface area contributed by atoms with Crippen molar-refractivity contribution in [2.75, 3.05) is 4.72 Å². The Hall–Kier alpha value is -1.54. The van der Waals surface area contributed by atoms with Crippen LogP contribution in [0.15, 0.2) is 45.8 Å². The molecule has 106 valence electrons. The SMILES string of the molecule is O=S(=O)(Nc1cc(F)cc(F)c1)c1ccc(Br)cc1F. The van der Waals surface area contributed by atoms with Crippen LogP contribution < -0.4 is 4.72 Å². The fraction of sp³-hybridized carbons (Fsp3) is 0. The highest BCUT2D eigenvalue weighted by Crippen LogP contribution is 2.22. The second-order valence-electron chi connectivity index (χ2n) is 3.84. The minimum absolute atomic E-state index is 0.329. The number of hydrogen-bond donors (Lipinski definition) is 1. The number of anilines is 1. The molecule has 0 saturated heterocycles. The number of rotatable bonds is 3. The van der Waals surface area contributed by atoms with Gasteiger partial charge in [0, 0.05) is 10.5 Å². The Morgan fingerprint density at radius 3 is 2.10 bits per heavy atom. The lowest BCUT2D eigenvalue weighted by atomic mass is 10.3. The third-order valence-corrected chi connectivity index (χ3v) is 4.21. The van der Waals surface area contributed by atoms with Gasteiger partial charge in [0.05, 0.1) is 5.69 Å². The summed E-state index contributed by atoms with van der Waals surface area (Å²) in [6.45, 7) is 0. The molecule has 20 heavy (non-hydrogen) atoms. The minimum Gasteiger partial charge on any atom is -0.279 e. The molecule has 0 spiro atoms. The molecule has 0 radical (unpaired) electrons. The summed E-state index contributed by atoms with van der Waals surface area (Å²) < 4.78 is 65.7. The van der Waals surface area contributed by atoms with Crippen LogP contribution in [0.2, 0.25) is 0 Å². The van der Waals surface area contributed by atoms with Gasteiger partial charge in [0.15, 0.2) is 0 Å². The van der Waals surface area contributed by atoms with E-state index in [-0.39, 0.29) is 5.69 Å². The van der Waals surface area contributed by atoms with Crippen molar-refractivity contribution in [3.05, 3.63) is 58.3 Å². The molecule has 8 heteroatoms. The summed E-state index contributed by atoms with van der Waals surface area (Å²) in [7, 11) is -4.27. The van der Waals surface area contributed by atoms with E-state index in [1.807, 2.05) is 4.72 Å². The van der Waals surface area contributed by atoms with Crippen molar-refractivity contribution in [3.63, 3.8) is 0 Å². The maximum absolute atomic E-state index is 13.6. The first-order chi connectivity index (χ1) is 9.28. The molecule has 3 nitrogen and oxygen atoms in total. The topological polar surface area (TPSA) is 46.2 Å². The Balaban J connectivity index is 2.40. The van der Waals surface area contributed by atoms with Crippen LogP contribution in [-0.4, -0.2) is 8.42 Å². The molecule has 0 heterocycles. The van der Waals surface area contributed by atoms with E-state index in [1.54, 1.807) is 0 Å². The highest BCUT2D eigenvalue weighted by molar-refractivity contribution is 9.10. The van der Waals surface area contributed by atoms with E-state index in [0.717, 1.165) is 24.3 Å². The summed E-state index contributed by atoms with van der Waals surface area (Å²) in [6, 6.07) is 5.52. The average molecular weight is 366 g/mol. The van der Waals surface area contributed by atoms with Crippen molar-refractivity contribution in [1.82, 2.24) is 0 Å². The first kappa shape index (κ1) is 14.9. The highest BCUT2D eigenvalue weighted by atomic mass is 79.9. The zero-order chi connectivity index (χ0) is 14.9. The number of benzene rings is 2. The molecule has 2 aromatic rings. The van der Waals surface area contributed by atoms with E-state index in [9.17, 15) is 21.6 Å². The van der Waals surface area contributed by atoms with Crippen LogP contribution in [0.4, 0.5) is 18.9 Å². The first-order valence-electron chi connectivity index (χ1n) is 5.22. The van der Waals surface area contributed by atoms with Crippen LogP contribution in [0.3, 0.4) is 0 Å². The summed E-state index contributed by atoms with van der Waals surface area (Å²) in [5.74, 6) is -2.87. The summed E-state index contributed by atoms with van der Waals surface area (Å²) >= 11 is 2.99. The van der Waals surface area contributed by atoms with Gasteiger partial charge in [0.25, 0.3) is 10.0 Å². The van der Waals surface area contributed by atoms with Crippen molar-refractivity contribution in [3.8, 4) is 0 Å². The van der Waals surface area contributed by atoms with Gasteiger partial charge < -0.3 is 0 Å². The lowest BCUT2D eigenvalue weighted by molar-refractivity contribution is 0.569. The molecular weight excluding hydrogens is 359 g/mol. The molecule has 0 amide bonds. The Kier molecular flexibility index (Phi) is 4.05. The monoisotopic (exact) mass is 365 g/mol. The van der Waals surface area contributed by atoms with Crippen LogP contribution in [0.1, 0.15) is 0 Å². The lowest BCUT2D eigenvalue weighted by Crippen LogP contribution is -2.14. The molecule has 2 aromatic carbocycles. The van der Waals surface area contributed by atoms with Crippen LogP contribution in [0.5, 0.6) is 0 Å². The second-order valence-corrected chi connectivity index (χ2v) is 6.40. The summed E-state index contributed by atoms with van der Waals surface area (Å²) in [5, 5.41) is 0. The van der Waals surface area contributed by atoms with E-state index in [2.05, 4.69) is 15.9 Å². The van der Waals surface area contributed by atoms with Crippen LogP contribution in [0.25, 0.3) is 0 Å². The van der Waals surface area contributed by atoms with Crippen molar-refractivity contribution < 1.29 is 21.6 Å². The van der Waals surface area contributed by atoms with Crippen molar-refractivity contribution in [1.29, 1.82) is 0 Å². The van der Waals surface area contributed by atoms with Gasteiger partial charge in [0.2, 0.25) is 0 Å². The largest absolute Gasteiger partial charge is 0.279 e. The van der Waals surface area contributed by atoms with E-state index < -0.39 is 32.4 Å². The maximum Gasteiger partial charge on any atom is 0.264 e. The normalized spacial score (nSPS) is 11.4. The summed E-state index contributed by atoms with van der Waals surface area (Å²) in [6.07, 6.45) is 0. The maximum atomic E-state index is 13.6. The van der Waals surface area contributed by atoms with Gasteiger partial charge in [0.1, 0.15) is 22.3 Å². The predicted octanol–water partition coefficient (Wildman–Crippen LogP) is 3.67. The molecule has 0 aliphatic carbocycles. The quantitative estimate of drug-likeness (QED) is 0.901. The molecule has 0 aliphatic rings. The van der Waals surface area contributed by atoms with Crippen molar-refractivity contribution in [2.24, 2.45) is 0 Å². The van der Waals surface area contributed by atoms with Crippen molar-refractivity contribution in [2.45, 2.75) is 4.90 Å². The van der Waals surface area contributed by atoms with Gasteiger partial charge >= 0.3 is 0 Å². The molecule has 0 saturated carbocycles. The summed E-state index contributed by atoms with van der Waals surface area (Å²) in [5.41, 5.74) is -0.329. The zero-order valence-corrected chi connectivity index (χ0v) is 12.1. The van der Waals surface area contributed by atoms with Gasteiger partial charge in [-0.1, -0.05) is 15.9 Å². The number of nitrogens with one attached hydrogen (secondary N) is 1. The van der Waals surface area contributed by atoms with Crippen LogP contribution >= 0.6 is 15.9 Å². The first-order valence-corrected chi connectivity index (χ1v) is 7.49. The molecular formula is C12H7BrF3NO2S. The fourth-order valence-electron chi connectivity index (χ4n) is 1.52. The molecule has 0 bridgehead atoms. The van der Waals surface area contributed by atoms with E-state index in [1.165, 1.54) is 6.07 Å². The Labute approximate surface area is 121 Å². The van der Waals surface area contributed by atoms with Gasteiger partial charge in [-0.05, 0) is 30.3 Å². The standard InChI is InChI=1S/C12H7BrF3NO2S/c13-7-1-2-12(11(16)3-7)20(18,19)17-10-5-8(14)4-9(15)6-10/h1-6,17H. The summed E-state index contributed by atoms with van der Waals surface area (Å²) in [4.78, 5) is -0.620. The van der Waals surface area contributed by atoms with Gasteiger partial charge in [-0.3, -0.25) is 4.72 Å². The van der Waals surface area contributed by atoms with Crippen LogP contribution in [0, 0.1) is 17.5 Å². The third-order valence-electron chi connectivity index (χ3n) is 2.30. The molecule has 1 N–H and O–H groups in total. The average Bonchev–Trinajstić information content (AvgIpc) is 2.25. The third kappa shape index (κ3) is 3.31. The lowest BCUT2D eigenvalue weighted by Gasteiger charge is -2.09. The molecule has 2 rings (SSSR count). The van der Waals surface area contributed by atoms with Gasteiger partial charge in [-0.15, -0.1) is 0 Å². The Bertz CT molecular complexity index is 745. The van der Waals surface area contributed by atoms with E-state index >= 15 is 0 Å². The number of hydrogen-bond acceptors (Lipinski definition) is 2. The molecule has 0 atom stereocenters. The molecule has 0 unspecified atom stereocenters. The highest BCUT2D eigenvalue weighted by Gasteiger charge is 2.19. The predicted molar refractivity (Wildman–Crippen MR) is 71.3 cm³/mol. The van der Waals surface area contributed by atoms with Crippen LogP contribution in [-0.2, 0) is 10.0 Å². The van der Waals surface area contributed by atoms with E-state index in [0.29, 0.717) is 10.5 Å². The van der Waals surface area contributed by atoms with Gasteiger partial charge in [-0.25, -0.2) is 21.6 Å². The molecule has 0 fully saturated rings. The number of halogens is 4.